The van der Waals surface area contributed by atoms with E-state index in [4.69, 9.17) is 0 Å². The smallest absolute Gasteiger partial charge is 0.254 e. The normalized spacial score (nSPS) is 14.7. The van der Waals surface area contributed by atoms with Gasteiger partial charge in [-0.25, -0.2) is 0 Å². The molecule has 19 heavy (non-hydrogen) atoms. The first-order valence-corrected chi connectivity index (χ1v) is 6.39. The molecule has 1 aliphatic heterocycles. The molecule has 1 amide bonds. The third-order valence-electron chi connectivity index (χ3n) is 3.41. The zero-order valence-corrected chi connectivity index (χ0v) is 10.8. The van der Waals surface area contributed by atoms with Crippen LogP contribution < -0.4 is 4.90 Å². The van der Waals surface area contributed by atoms with Gasteiger partial charge in [-0.3, -0.25) is 4.79 Å². The van der Waals surface area contributed by atoms with Gasteiger partial charge in [0.05, 0.1) is 6.54 Å². The average Bonchev–Trinajstić information content (AvgIpc) is 2.58. The number of amides is 1. The molecule has 0 radical (unpaired) electrons. The Morgan fingerprint density at radius 3 is 2.42 bits per heavy atom. The predicted octanol–water partition coefficient (Wildman–Crippen LogP) is 3.64. The summed E-state index contributed by atoms with van der Waals surface area (Å²) in [5, 5.41) is 0. The van der Waals surface area contributed by atoms with Gasteiger partial charge in [0, 0.05) is 11.3 Å². The highest BCUT2D eigenvalue weighted by Crippen LogP contribution is 2.25. The van der Waals surface area contributed by atoms with Gasteiger partial charge >= 0.3 is 0 Å². The van der Waals surface area contributed by atoms with E-state index in [0.717, 1.165) is 16.8 Å². The van der Waals surface area contributed by atoms with E-state index in [2.05, 4.69) is 12.1 Å². The monoisotopic (exact) mass is 249 g/mol. The first-order valence-electron chi connectivity index (χ1n) is 6.39. The maximum Gasteiger partial charge on any atom is 0.254 e. The minimum atomic E-state index is 0.0717. The fraction of sp³-hybridized carbons (Fsp3) is 0.118. The van der Waals surface area contributed by atoms with Crippen LogP contribution in [0, 0.1) is 0 Å². The number of rotatable bonds is 1. The van der Waals surface area contributed by atoms with Crippen molar-refractivity contribution in [1.29, 1.82) is 0 Å². The summed E-state index contributed by atoms with van der Waals surface area (Å²) >= 11 is 0. The molecule has 0 N–H and O–H groups in total. The summed E-state index contributed by atoms with van der Waals surface area (Å²) in [5.41, 5.74) is 4.02. The highest BCUT2D eigenvalue weighted by Gasteiger charge is 2.21. The highest BCUT2D eigenvalue weighted by molar-refractivity contribution is 6.08. The van der Waals surface area contributed by atoms with Crippen LogP contribution >= 0.6 is 0 Å². The lowest BCUT2D eigenvalue weighted by molar-refractivity contribution is -0.115. The summed E-state index contributed by atoms with van der Waals surface area (Å²) in [4.78, 5) is 14.3. The molecule has 0 spiro atoms. The number of benzene rings is 2. The number of carbonyl (C=O) groups excluding carboxylic acids is 1. The molecular formula is C17H15NO. The largest absolute Gasteiger partial charge is 0.304 e. The molecule has 0 atom stereocenters. The van der Waals surface area contributed by atoms with Gasteiger partial charge in [-0.2, -0.15) is 0 Å². The third kappa shape index (κ3) is 2.17. The Balaban J connectivity index is 2.09. The Labute approximate surface area is 113 Å². The summed E-state index contributed by atoms with van der Waals surface area (Å²) in [6.07, 6.45) is 1.97. The number of hydrogen-bond acceptors (Lipinski definition) is 1. The zero-order chi connectivity index (χ0) is 13.2. The molecule has 2 aromatic rings. The first kappa shape index (κ1) is 11.7. The molecule has 0 bridgehead atoms. The average molecular weight is 249 g/mol. The lowest BCUT2D eigenvalue weighted by Gasteiger charge is -2.22. The molecule has 0 aromatic heterocycles. The van der Waals surface area contributed by atoms with Crippen LogP contribution in [0.4, 0.5) is 5.69 Å². The van der Waals surface area contributed by atoms with Crippen molar-refractivity contribution in [3.8, 4) is 0 Å². The fourth-order valence-electron chi connectivity index (χ4n) is 2.39. The van der Waals surface area contributed by atoms with Gasteiger partial charge in [-0.15, -0.1) is 0 Å². The van der Waals surface area contributed by atoms with Crippen molar-refractivity contribution in [3.63, 3.8) is 0 Å². The van der Waals surface area contributed by atoms with E-state index in [1.165, 1.54) is 5.56 Å². The number of nitrogens with zero attached hydrogens (tertiary/aromatic N) is 1. The lowest BCUT2D eigenvalue weighted by Crippen LogP contribution is -2.29. The summed E-state index contributed by atoms with van der Waals surface area (Å²) in [6, 6.07) is 18.0. The van der Waals surface area contributed by atoms with Crippen molar-refractivity contribution in [2.24, 2.45) is 0 Å². The van der Waals surface area contributed by atoms with Gasteiger partial charge in [0.2, 0.25) is 0 Å². The van der Waals surface area contributed by atoms with Crippen LogP contribution in [-0.2, 0) is 11.3 Å². The standard InChI is InChI=1S/C17H15NO/c1-13-11-14-7-5-6-8-15(14)12-18(17(13)19)16-9-3-2-4-10-16/h2-11H,12H2,1H3. The van der Waals surface area contributed by atoms with Crippen molar-refractivity contribution in [2.75, 3.05) is 4.90 Å². The van der Waals surface area contributed by atoms with Gasteiger partial charge in [-0.1, -0.05) is 42.5 Å². The van der Waals surface area contributed by atoms with E-state index in [-0.39, 0.29) is 5.91 Å². The predicted molar refractivity (Wildman–Crippen MR) is 77.7 cm³/mol. The minimum absolute atomic E-state index is 0.0717. The Bertz CT molecular complexity index is 643. The van der Waals surface area contributed by atoms with Crippen LogP contribution in [0.5, 0.6) is 0 Å². The molecule has 1 aliphatic rings. The zero-order valence-electron chi connectivity index (χ0n) is 10.8. The van der Waals surface area contributed by atoms with E-state index >= 15 is 0 Å². The molecule has 3 rings (SSSR count). The molecule has 0 saturated heterocycles. The Hall–Kier alpha value is -2.35. The van der Waals surface area contributed by atoms with E-state index < -0.39 is 0 Å². The van der Waals surface area contributed by atoms with E-state index in [1.54, 1.807) is 0 Å². The Morgan fingerprint density at radius 2 is 1.63 bits per heavy atom. The molecule has 0 saturated carbocycles. The van der Waals surface area contributed by atoms with Crippen molar-refractivity contribution in [2.45, 2.75) is 13.5 Å². The first-order chi connectivity index (χ1) is 9.25. The summed E-state index contributed by atoms with van der Waals surface area (Å²) < 4.78 is 0. The number of anilines is 1. The van der Waals surface area contributed by atoms with E-state index in [0.29, 0.717) is 6.54 Å². The number of fused-ring (bicyclic) bond motifs is 1. The maximum atomic E-state index is 12.5. The van der Waals surface area contributed by atoms with Crippen LogP contribution in [0.15, 0.2) is 60.2 Å². The highest BCUT2D eigenvalue weighted by atomic mass is 16.2. The Kier molecular flexibility index (Phi) is 2.92. The molecule has 0 fully saturated rings. The molecule has 2 aromatic carbocycles. The molecule has 0 unspecified atom stereocenters. The molecule has 1 heterocycles. The summed E-state index contributed by atoms with van der Waals surface area (Å²) in [7, 11) is 0. The fourth-order valence-corrected chi connectivity index (χ4v) is 2.39. The van der Waals surface area contributed by atoms with Gasteiger partial charge in [0.25, 0.3) is 5.91 Å². The van der Waals surface area contributed by atoms with Gasteiger partial charge < -0.3 is 4.90 Å². The van der Waals surface area contributed by atoms with Gasteiger partial charge in [0.15, 0.2) is 0 Å². The van der Waals surface area contributed by atoms with Crippen LogP contribution in [0.2, 0.25) is 0 Å². The van der Waals surface area contributed by atoms with Crippen molar-refractivity contribution >= 4 is 17.7 Å². The van der Waals surface area contributed by atoms with Crippen molar-refractivity contribution < 1.29 is 4.79 Å². The minimum Gasteiger partial charge on any atom is -0.304 e. The van der Waals surface area contributed by atoms with Crippen molar-refractivity contribution in [1.82, 2.24) is 0 Å². The van der Waals surface area contributed by atoms with Crippen molar-refractivity contribution in [3.05, 3.63) is 71.3 Å². The second-order valence-electron chi connectivity index (χ2n) is 4.75. The molecular weight excluding hydrogens is 234 g/mol. The van der Waals surface area contributed by atoms with E-state index in [9.17, 15) is 4.79 Å². The number of hydrogen-bond donors (Lipinski definition) is 0. The Morgan fingerprint density at radius 1 is 0.947 bits per heavy atom. The lowest BCUT2D eigenvalue weighted by atomic mass is 10.1. The topological polar surface area (TPSA) is 20.3 Å². The van der Waals surface area contributed by atoms with Gasteiger partial charge in [0.1, 0.15) is 0 Å². The molecule has 2 heteroatoms. The van der Waals surface area contributed by atoms with Crippen LogP contribution in [0.3, 0.4) is 0 Å². The van der Waals surface area contributed by atoms with Gasteiger partial charge in [-0.05, 0) is 36.3 Å². The van der Waals surface area contributed by atoms with Crippen LogP contribution in [-0.4, -0.2) is 5.91 Å². The molecule has 94 valence electrons. The second kappa shape index (κ2) is 4.73. The maximum absolute atomic E-state index is 12.5. The van der Waals surface area contributed by atoms with Crippen LogP contribution in [0.1, 0.15) is 18.1 Å². The SMILES string of the molecule is CC1=Cc2ccccc2CN(c2ccccc2)C1=O. The number of carbonyl (C=O) groups is 1. The summed E-state index contributed by atoms with van der Waals surface area (Å²) in [6.45, 7) is 2.49. The quantitative estimate of drug-likeness (QED) is 0.755. The third-order valence-corrected chi connectivity index (χ3v) is 3.41. The second-order valence-corrected chi connectivity index (χ2v) is 4.75. The number of para-hydroxylation sites is 1. The van der Waals surface area contributed by atoms with E-state index in [1.807, 2.05) is 60.4 Å². The molecule has 2 nitrogen and oxygen atoms in total. The summed E-state index contributed by atoms with van der Waals surface area (Å²) in [5.74, 6) is 0.0717. The molecule has 0 aliphatic carbocycles. The van der Waals surface area contributed by atoms with Crippen LogP contribution in [0.25, 0.3) is 6.08 Å².